The van der Waals surface area contributed by atoms with Crippen LogP contribution in [-0.4, -0.2) is 21.1 Å². The third-order valence-electron chi connectivity index (χ3n) is 3.43. The van der Waals surface area contributed by atoms with Gasteiger partial charge in [0.2, 0.25) is 0 Å². The molecule has 1 aliphatic carbocycles. The van der Waals surface area contributed by atoms with E-state index >= 15 is 0 Å². The lowest BCUT2D eigenvalue weighted by Crippen LogP contribution is -2.16. The first kappa shape index (κ1) is 13.5. The molecule has 4 heteroatoms. The van der Waals surface area contributed by atoms with Gasteiger partial charge in [-0.15, -0.1) is 5.10 Å². The van der Waals surface area contributed by atoms with Crippen LogP contribution in [0.5, 0.6) is 0 Å². The van der Waals surface area contributed by atoms with Crippen LogP contribution in [-0.2, 0) is 11.2 Å². The Morgan fingerprint density at radius 3 is 2.61 bits per heavy atom. The van der Waals surface area contributed by atoms with Gasteiger partial charge in [0, 0.05) is 6.04 Å². The molecule has 1 aliphatic rings. The second kappa shape index (κ2) is 5.83. The van der Waals surface area contributed by atoms with E-state index in [9.17, 15) is 0 Å². The highest BCUT2D eigenvalue weighted by Crippen LogP contribution is 2.30. The number of ether oxygens (including phenoxy) is 1. The van der Waals surface area contributed by atoms with E-state index in [4.69, 9.17) is 4.74 Å². The normalized spacial score (nSPS) is 20.9. The summed E-state index contributed by atoms with van der Waals surface area (Å²) in [6.45, 7) is 8.49. The molecule has 0 radical (unpaired) electrons. The summed E-state index contributed by atoms with van der Waals surface area (Å²) in [5, 5.41) is 8.73. The molecule has 0 bridgehead atoms. The lowest BCUT2D eigenvalue weighted by atomic mass is 9.98. The Balaban J connectivity index is 2.31. The molecule has 102 valence electrons. The van der Waals surface area contributed by atoms with E-state index in [0.29, 0.717) is 6.04 Å². The Morgan fingerprint density at radius 2 is 1.94 bits per heavy atom. The van der Waals surface area contributed by atoms with Crippen LogP contribution in [0, 0.1) is 0 Å². The molecule has 0 saturated carbocycles. The number of hydrogen-bond donors (Lipinski definition) is 0. The van der Waals surface area contributed by atoms with Crippen LogP contribution in [0.4, 0.5) is 0 Å². The minimum Gasteiger partial charge on any atom is -0.369 e. The van der Waals surface area contributed by atoms with Crippen LogP contribution in [0.25, 0.3) is 0 Å². The molecule has 0 spiro atoms. The lowest BCUT2D eigenvalue weighted by Gasteiger charge is -2.22. The highest BCUT2D eigenvalue weighted by atomic mass is 16.5. The molecule has 0 amide bonds. The highest BCUT2D eigenvalue weighted by molar-refractivity contribution is 5.15. The standard InChI is InChI=1S/C14H25N3O/c1-10(2)17-12-8-6-5-7-9-13(18-11(3)4)14(12)15-16-17/h10-11,13H,5-9H2,1-4H3. The summed E-state index contributed by atoms with van der Waals surface area (Å²) < 4.78 is 8.10. The minimum absolute atomic E-state index is 0.132. The Hall–Kier alpha value is -0.900. The van der Waals surface area contributed by atoms with Gasteiger partial charge in [0.15, 0.2) is 0 Å². The van der Waals surface area contributed by atoms with Crippen molar-refractivity contribution in [2.75, 3.05) is 0 Å². The molecule has 2 rings (SSSR count). The maximum Gasteiger partial charge on any atom is 0.115 e. The highest BCUT2D eigenvalue weighted by Gasteiger charge is 2.25. The first-order valence-electron chi connectivity index (χ1n) is 7.19. The zero-order chi connectivity index (χ0) is 13.1. The second-order valence-corrected chi connectivity index (χ2v) is 5.73. The SMILES string of the molecule is CC(C)OC1CCCCCc2c1nnn2C(C)C. The van der Waals surface area contributed by atoms with Crippen LogP contribution < -0.4 is 0 Å². The number of aromatic nitrogens is 3. The molecular formula is C14H25N3O. The summed E-state index contributed by atoms with van der Waals surface area (Å²) in [6.07, 6.45) is 6.27. The Labute approximate surface area is 110 Å². The Morgan fingerprint density at radius 1 is 1.17 bits per heavy atom. The fraction of sp³-hybridized carbons (Fsp3) is 0.857. The predicted molar refractivity (Wildman–Crippen MR) is 71.5 cm³/mol. The van der Waals surface area contributed by atoms with Crippen molar-refractivity contribution in [3.05, 3.63) is 11.4 Å². The molecule has 1 atom stereocenters. The van der Waals surface area contributed by atoms with Gasteiger partial charge in [-0.1, -0.05) is 18.1 Å². The quantitative estimate of drug-likeness (QED) is 0.826. The zero-order valence-electron chi connectivity index (χ0n) is 12.0. The monoisotopic (exact) mass is 251 g/mol. The van der Waals surface area contributed by atoms with E-state index < -0.39 is 0 Å². The van der Waals surface area contributed by atoms with Crippen LogP contribution in [0.1, 0.15) is 76.9 Å². The van der Waals surface area contributed by atoms with Gasteiger partial charge in [0.05, 0.1) is 11.8 Å². The van der Waals surface area contributed by atoms with Gasteiger partial charge < -0.3 is 4.74 Å². The average Bonchev–Trinajstić information content (AvgIpc) is 2.66. The number of nitrogens with zero attached hydrogens (tertiary/aromatic N) is 3. The number of fused-ring (bicyclic) bond motifs is 1. The second-order valence-electron chi connectivity index (χ2n) is 5.73. The number of rotatable bonds is 3. The van der Waals surface area contributed by atoms with Crippen molar-refractivity contribution in [2.24, 2.45) is 0 Å². The van der Waals surface area contributed by atoms with E-state index in [1.807, 2.05) is 0 Å². The van der Waals surface area contributed by atoms with Gasteiger partial charge in [-0.2, -0.15) is 0 Å². The van der Waals surface area contributed by atoms with Crippen LogP contribution in [0.2, 0.25) is 0 Å². The fourth-order valence-electron chi connectivity index (χ4n) is 2.63. The lowest BCUT2D eigenvalue weighted by molar-refractivity contribution is -0.00349. The van der Waals surface area contributed by atoms with Crippen molar-refractivity contribution in [2.45, 2.75) is 78.0 Å². The van der Waals surface area contributed by atoms with Crippen molar-refractivity contribution in [3.63, 3.8) is 0 Å². The Bertz CT molecular complexity index is 384. The molecule has 1 unspecified atom stereocenters. The summed E-state index contributed by atoms with van der Waals surface area (Å²) in [6, 6.07) is 0.375. The van der Waals surface area contributed by atoms with Gasteiger partial charge >= 0.3 is 0 Å². The van der Waals surface area contributed by atoms with E-state index in [2.05, 4.69) is 42.7 Å². The summed E-state index contributed by atoms with van der Waals surface area (Å²) >= 11 is 0. The predicted octanol–water partition coefficient (Wildman–Crippen LogP) is 3.44. The summed E-state index contributed by atoms with van der Waals surface area (Å²) in [5.41, 5.74) is 2.37. The van der Waals surface area contributed by atoms with E-state index in [1.54, 1.807) is 0 Å². The molecule has 0 N–H and O–H groups in total. The van der Waals surface area contributed by atoms with Crippen molar-refractivity contribution in [1.29, 1.82) is 0 Å². The molecular weight excluding hydrogens is 226 g/mol. The first-order valence-corrected chi connectivity index (χ1v) is 7.19. The van der Waals surface area contributed by atoms with E-state index in [1.165, 1.54) is 25.0 Å². The maximum absolute atomic E-state index is 6.03. The maximum atomic E-state index is 6.03. The first-order chi connectivity index (χ1) is 8.59. The number of hydrogen-bond acceptors (Lipinski definition) is 3. The van der Waals surface area contributed by atoms with E-state index in [0.717, 1.165) is 18.5 Å². The smallest absolute Gasteiger partial charge is 0.115 e. The fourth-order valence-corrected chi connectivity index (χ4v) is 2.63. The largest absolute Gasteiger partial charge is 0.369 e. The van der Waals surface area contributed by atoms with Gasteiger partial charge in [-0.3, -0.25) is 0 Å². The Kier molecular flexibility index (Phi) is 4.38. The molecule has 0 saturated heterocycles. The molecule has 18 heavy (non-hydrogen) atoms. The molecule has 0 aromatic carbocycles. The third kappa shape index (κ3) is 2.91. The van der Waals surface area contributed by atoms with Crippen molar-refractivity contribution in [1.82, 2.24) is 15.0 Å². The molecule has 1 heterocycles. The third-order valence-corrected chi connectivity index (χ3v) is 3.43. The minimum atomic E-state index is 0.132. The van der Waals surface area contributed by atoms with E-state index in [-0.39, 0.29) is 12.2 Å². The summed E-state index contributed by atoms with van der Waals surface area (Å²) in [7, 11) is 0. The topological polar surface area (TPSA) is 39.9 Å². The van der Waals surface area contributed by atoms with Crippen LogP contribution in [0.15, 0.2) is 0 Å². The summed E-state index contributed by atoms with van der Waals surface area (Å²) in [5.74, 6) is 0. The van der Waals surface area contributed by atoms with Gasteiger partial charge in [0.1, 0.15) is 11.8 Å². The van der Waals surface area contributed by atoms with Gasteiger partial charge in [-0.05, 0) is 47.0 Å². The van der Waals surface area contributed by atoms with Crippen LogP contribution in [0.3, 0.4) is 0 Å². The summed E-state index contributed by atoms with van der Waals surface area (Å²) in [4.78, 5) is 0. The molecule has 0 fully saturated rings. The van der Waals surface area contributed by atoms with Crippen LogP contribution >= 0.6 is 0 Å². The molecule has 1 aromatic rings. The van der Waals surface area contributed by atoms with Gasteiger partial charge in [-0.25, -0.2) is 4.68 Å². The molecule has 1 aromatic heterocycles. The van der Waals surface area contributed by atoms with Crippen molar-refractivity contribution >= 4 is 0 Å². The molecule has 4 nitrogen and oxygen atoms in total. The molecule has 0 aliphatic heterocycles. The van der Waals surface area contributed by atoms with Gasteiger partial charge in [0.25, 0.3) is 0 Å². The van der Waals surface area contributed by atoms with Crippen molar-refractivity contribution in [3.8, 4) is 0 Å². The zero-order valence-corrected chi connectivity index (χ0v) is 12.0. The average molecular weight is 251 g/mol. The van der Waals surface area contributed by atoms with Crippen molar-refractivity contribution < 1.29 is 4.74 Å².